The minimum Gasteiger partial charge on any atom is -0.447 e. The van der Waals surface area contributed by atoms with Crippen LogP contribution in [0.2, 0.25) is 0 Å². The van der Waals surface area contributed by atoms with Gasteiger partial charge in [0.15, 0.2) is 0 Å². The summed E-state index contributed by atoms with van der Waals surface area (Å²) in [5.74, 6) is -0.496. The number of hydrogen-bond acceptors (Lipinski definition) is 6. The zero-order valence-electron chi connectivity index (χ0n) is 19.4. The van der Waals surface area contributed by atoms with Gasteiger partial charge in [-0.3, -0.25) is 14.4 Å². The Bertz CT molecular complexity index is 1260. The molecule has 0 fully saturated rings. The maximum Gasteiger partial charge on any atom is 0.411 e. The van der Waals surface area contributed by atoms with Gasteiger partial charge in [0.1, 0.15) is 6.61 Å². The molecule has 0 saturated carbocycles. The van der Waals surface area contributed by atoms with Crippen LogP contribution >= 0.6 is 0 Å². The molecule has 2 amide bonds. The predicted molar refractivity (Wildman–Crippen MR) is 134 cm³/mol. The van der Waals surface area contributed by atoms with Crippen molar-refractivity contribution >= 4 is 39.1 Å². The molecule has 0 atom stereocenters. The Balaban J connectivity index is 1.74. The molecule has 0 saturated heterocycles. The maximum atomic E-state index is 13.3. The first-order valence-electron chi connectivity index (χ1n) is 10.9. The molecule has 0 bridgehead atoms. The molecule has 9 nitrogen and oxygen atoms in total. The average Bonchev–Trinajstić information content (AvgIpc) is 2.85. The fourth-order valence-corrected chi connectivity index (χ4v) is 4.78. The third kappa shape index (κ3) is 6.81. The fraction of sp³-hybridized carbons (Fsp3) is 0.200. The van der Waals surface area contributed by atoms with E-state index in [1.807, 2.05) is 6.07 Å². The van der Waals surface area contributed by atoms with Gasteiger partial charge in [0.25, 0.3) is 15.9 Å². The number of sulfonamides is 1. The van der Waals surface area contributed by atoms with Crippen molar-refractivity contribution in [2.45, 2.75) is 11.8 Å². The summed E-state index contributed by atoms with van der Waals surface area (Å²) in [6.07, 6.45) is -0.651. The van der Waals surface area contributed by atoms with E-state index in [4.69, 9.17) is 9.47 Å². The molecule has 0 aliphatic carbocycles. The zero-order chi connectivity index (χ0) is 25.3. The number of amides is 2. The van der Waals surface area contributed by atoms with E-state index in [-0.39, 0.29) is 30.2 Å². The largest absolute Gasteiger partial charge is 0.447 e. The SMILES string of the molecule is CCN(c1ccccc1)S(=O)(=O)c1cccc(C(=O)Nc2cccc(NC(=O)OCCOC)c2)c1. The summed E-state index contributed by atoms with van der Waals surface area (Å²) in [6.45, 7) is 2.36. The molecule has 0 aliphatic rings. The fourth-order valence-electron chi connectivity index (χ4n) is 3.26. The average molecular weight is 498 g/mol. The lowest BCUT2D eigenvalue weighted by Crippen LogP contribution is -2.30. The molecule has 0 unspecified atom stereocenters. The normalized spacial score (nSPS) is 10.9. The molecule has 0 radical (unpaired) electrons. The second-order valence-corrected chi connectivity index (χ2v) is 9.18. The van der Waals surface area contributed by atoms with E-state index in [1.165, 1.54) is 35.7 Å². The second kappa shape index (κ2) is 12.0. The van der Waals surface area contributed by atoms with Crippen molar-refractivity contribution < 1.29 is 27.5 Å². The van der Waals surface area contributed by atoms with Crippen LogP contribution in [-0.4, -0.2) is 47.3 Å². The highest BCUT2D eigenvalue weighted by Gasteiger charge is 2.24. The number of benzene rings is 3. The molecule has 0 heterocycles. The van der Waals surface area contributed by atoms with Gasteiger partial charge in [-0.1, -0.05) is 30.3 Å². The maximum absolute atomic E-state index is 13.3. The first-order chi connectivity index (χ1) is 16.8. The Morgan fingerprint density at radius 1 is 0.857 bits per heavy atom. The highest BCUT2D eigenvalue weighted by molar-refractivity contribution is 7.92. The molecule has 3 aromatic carbocycles. The summed E-state index contributed by atoms with van der Waals surface area (Å²) < 4.78 is 37.6. The van der Waals surface area contributed by atoms with Crippen molar-refractivity contribution in [3.8, 4) is 0 Å². The smallest absolute Gasteiger partial charge is 0.411 e. The minimum atomic E-state index is -3.88. The van der Waals surface area contributed by atoms with Crippen LogP contribution < -0.4 is 14.9 Å². The number of anilines is 3. The monoisotopic (exact) mass is 497 g/mol. The molecule has 35 heavy (non-hydrogen) atoms. The van der Waals surface area contributed by atoms with E-state index in [9.17, 15) is 18.0 Å². The van der Waals surface area contributed by atoms with Gasteiger partial charge in [0, 0.05) is 30.6 Å². The third-order valence-corrected chi connectivity index (χ3v) is 6.80. The van der Waals surface area contributed by atoms with Crippen molar-refractivity contribution in [3.63, 3.8) is 0 Å². The van der Waals surface area contributed by atoms with Gasteiger partial charge in [-0.15, -0.1) is 0 Å². The van der Waals surface area contributed by atoms with Crippen LogP contribution in [0.3, 0.4) is 0 Å². The van der Waals surface area contributed by atoms with Gasteiger partial charge in [0.05, 0.1) is 17.2 Å². The number of hydrogen-bond donors (Lipinski definition) is 2. The number of nitrogens with one attached hydrogen (secondary N) is 2. The van der Waals surface area contributed by atoms with Crippen LogP contribution in [0.1, 0.15) is 17.3 Å². The van der Waals surface area contributed by atoms with Crippen molar-refractivity contribution in [1.29, 1.82) is 0 Å². The van der Waals surface area contributed by atoms with Gasteiger partial charge in [0.2, 0.25) is 0 Å². The lowest BCUT2D eigenvalue weighted by atomic mass is 10.2. The molecule has 2 N–H and O–H groups in total. The van der Waals surface area contributed by atoms with Gasteiger partial charge in [-0.25, -0.2) is 13.2 Å². The topological polar surface area (TPSA) is 114 Å². The highest BCUT2D eigenvalue weighted by Crippen LogP contribution is 2.24. The predicted octanol–water partition coefficient (Wildman–Crippen LogP) is 4.35. The number of para-hydroxylation sites is 1. The summed E-state index contributed by atoms with van der Waals surface area (Å²) in [6, 6.07) is 21.1. The number of ether oxygens (including phenoxy) is 2. The van der Waals surface area contributed by atoms with E-state index in [2.05, 4.69) is 10.6 Å². The molecule has 184 valence electrons. The quantitative estimate of drug-likeness (QED) is 0.403. The first kappa shape index (κ1) is 25.7. The summed E-state index contributed by atoms with van der Waals surface area (Å²) in [5.41, 5.74) is 1.54. The highest BCUT2D eigenvalue weighted by atomic mass is 32.2. The molecule has 0 spiro atoms. The van der Waals surface area contributed by atoms with Crippen LogP contribution in [0.5, 0.6) is 0 Å². The number of methoxy groups -OCH3 is 1. The van der Waals surface area contributed by atoms with Gasteiger partial charge >= 0.3 is 6.09 Å². The second-order valence-electron chi connectivity index (χ2n) is 7.32. The van der Waals surface area contributed by atoms with Gasteiger partial charge < -0.3 is 14.8 Å². The molecule has 10 heteroatoms. The van der Waals surface area contributed by atoms with E-state index in [1.54, 1.807) is 55.5 Å². The van der Waals surface area contributed by atoms with Crippen molar-refractivity contribution in [2.75, 3.05) is 41.8 Å². The van der Waals surface area contributed by atoms with E-state index >= 15 is 0 Å². The van der Waals surface area contributed by atoms with E-state index < -0.39 is 22.0 Å². The van der Waals surface area contributed by atoms with Crippen molar-refractivity contribution in [1.82, 2.24) is 0 Å². The van der Waals surface area contributed by atoms with E-state index in [0.717, 1.165) is 0 Å². The standard InChI is InChI=1S/C25H27N3O6S/c1-3-28(22-12-5-4-6-13-22)35(31,32)23-14-7-9-19(17-23)24(29)26-20-10-8-11-21(18-20)27-25(30)34-16-15-33-2/h4-14,17-18H,3,15-16H2,1-2H3,(H,26,29)(H,27,30). The minimum absolute atomic E-state index is 0.00470. The molecular formula is C25H27N3O6S. The van der Waals surface area contributed by atoms with Crippen LogP contribution in [0, 0.1) is 0 Å². The number of carbonyl (C=O) groups excluding carboxylic acids is 2. The van der Waals surface area contributed by atoms with Crippen molar-refractivity contribution in [3.05, 3.63) is 84.4 Å². The Kier molecular flexibility index (Phi) is 8.82. The lowest BCUT2D eigenvalue weighted by molar-refractivity contribution is 0.102. The molecule has 0 aromatic heterocycles. The molecule has 3 aromatic rings. The summed E-state index contributed by atoms with van der Waals surface area (Å²) >= 11 is 0. The summed E-state index contributed by atoms with van der Waals surface area (Å²) in [4.78, 5) is 24.7. The third-order valence-electron chi connectivity index (χ3n) is 4.90. The summed E-state index contributed by atoms with van der Waals surface area (Å²) in [5, 5.41) is 5.28. The Morgan fingerprint density at radius 2 is 1.54 bits per heavy atom. The van der Waals surface area contributed by atoms with Gasteiger partial charge in [-0.05, 0) is 55.5 Å². The molecular weight excluding hydrogens is 470 g/mol. The van der Waals surface area contributed by atoms with Gasteiger partial charge in [-0.2, -0.15) is 0 Å². The number of nitrogens with zero attached hydrogens (tertiary/aromatic N) is 1. The Morgan fingerprint density at radius 3 is 2.23 bits per heavy atom. The molecule has 0 aliphatic heterocycles. The van der Waals surface area contributed by atoms with Crippen LogP contribution in [0.4, 0.5) is 21.9 Å². The zero-order valence-corrected chi connectivity index (χ0v) is 20.2. The van der Waals surface area contributed by atoms with Crippen LogP contribution in [0.15, 0.2) is 83.8 Å². The van der Waals surface area contributed by atoms with Crippen molar-refractivity contribution in [2.24, 2.45) is 0 Å². The Labute approximate surface area is 204 Å². The lowest BCUT2D eigenvalue weighted by Gasteiger charge is -2.23. The summed E-state index contributed by atoms with van der Waals surface area (Å²) in [7, 11) is -2.38. The molecule has 3 rings (SSSR count). The van der Waals surface area contributed by atoms with Crippen LogP contribution in [-0.2, 0) is 19.5 Å². The first-order valence-corrected chi connectivity index (χ1v) is 12.3. The van der Waals surface area contributed by atoms with Crippen LogP contribution in [0.25, 0.3) is 0 Å². The van der Waals surface area contributed by atoms with E-state index in [0.29, 0.717) is 17.1 Å². The Hall–Kier alpha value is -3.89. The number of rotatable bonds is 10. The number of carbonyl (C=O) groups is 2.